The molecule has 3 nitrogen and oxygen atoms in total. The quantitative estimate of drug-likeness (QED) is 0.865. The van der Waals surface area contributed by atoms with Crippen molar-refractivity contribution in [3.05, 3.63) is 64.2 Å². The van der Waals surface area contributed by atoms with E-state index in [4.69, 9.17) is 16.3 Å². The van der Waals surface area contributed by atoms with Gasteiger partial charge in [0.05, 0.1) is 12.7 Å². The van der Waals surface area contributed by atoms with Crippen LogP contribution in [0.1, 0.15) is 21.5 Å². The van der Waals surface area contributed by atoms with Crippen molar-refractivity contribution in [2.24, 2.45) is 0 Å². The number of hydrogen-bond acceptors (Lipinski definition) is 2. The summed E-state index contributed by atoms with van der Waals surface area (Å²) in [6.07, 6.45) is 0. The first-order chi connectivity index (χ1) is 9.69. The summed E-state index contributed by atoms with van der Waals surface area (Å²) in [5.74, 6) is 0.665. The van der Waals surface area contributed by atoms with Crippen molar-refractivity contribution >= 4 is 17.5 Å². The summed E-state index contributed by atoms with van der Waals surface area (Å²) in [6, 6.07) is 13.3. The molecule has 0 atom stereocenters. The average molecular weight is 288 g/mol. The Kier molecular flexibility index (Phi) is 3.36. The Labute approximate surface area is 122 Å². The molecule has 1 heterocycles. The fourth-order valence-electron chi connectivity index (χ4n) is 2.49. The highest BCUT2D eigenvalue weighted by atomic mass is 35.5. The van der Waals surface area contributed by atoms with Crippen molar-refractivity contribution < 1.29 is 9.53 Å². The standard InChI is InChI=1S/C16H14ClNO2/c1-20-14-4-2-3-12-10-18(16(19)15(12)14)9-11-5-7-13(17)8-6-11/h2-8H,9-10H2,1H3. The molecule has 0 spiro atoms. The van der Waals surface area contributed by atoms with Crippen LogP contribution in [0.5, 0.6) is 5.75 Å². The molecule has 2 aromatic rings. The summed E-state index contributed by atoms with van der Waals surface area (Å²) < 4.78 is 5.28. The number of amides is 1. The van der Waals surface area contributed by atoms with Gasteiger partial charge in [0.25, 0.3) is 5.91 Å². The van der Waals surface area contributed by atoms with E-state index in [2.05, 4.69) is 0 Å². The number of benzene rings is 2. The lowest BCUT2D eigenvalue weighted by Gasteiger charge is -2.15. The van der Waals surface area contributed by atoms with Gasteiger partial charge in [-0.2, -0.15) is 0 Å². The van der Waals surface area contributed by atoms with Crippen LogP contribution in [-0.2, 0) is 13.1 Å². The van der Waals surface area contributed by atoms with Crippen LogP contribution >= 0.6 is 11.6 Å². The molecular formula is C16H14ClNO2. The summed E-state index contributed by atoms with van der Waals surface area (Å²) in [5, 5.41) is 0.700. The summed E-state index contributed by atoms with van der Waals surface area (Å²) in [6.45, 7) is 1.20. The van der Waals surface area contributed by atoms with E-state index in [0.717, 1.165) is 11.1 Å². The molecule has 20 heavy (non-hydrogen) atoms. The van der Waals surface area contributed by atoms with Crippen LogP contribution in [0.2, 0.25) is 5.02 Å². The largest absolute Gasteiger partial charge is 0.496 e. The van der Waals surface area contributed by atoms with Crippen LogP contribution in [0, 0.1) is 0 Å². The number of carbonyl (C=O) groups is 1. The fourth-order valence-corrected chi connectivity index (χ4v) is 2.62. The first-order valence-corrected chi connectivity index (χ1v) is 6.76. The Morgan fingerprint density at radius 3 is 2.65 bits per heavy atom. The Balaban J connectivity index is 1.85. The highest BCUT2D eigenvalue weighted by Crippen LogP contribution is 2.31. The Bertz CT molecular complexity index is 652. The molecule has 0 fully saturated rings. The zero-order valence-corrected chi connectivity index (χ0v) is 11.9. The van der Waals surface area contributed by atoms with Gasteiger partial charge in [-0.3, -0.25) is 4.79 Å². The second-order valence-corrected chi connectivity index (χ2v) is 5.22. The molecule has 0 radical (unpaired) electrons. The van der Waals surface area contributed by atoms with Crippen molar-refractivity contribution in [3.8, 4) is 5.75 Å². The molecule has 0 bridgehead atoms. The van der Waals surface area contributed by atoms with Crippen molar-refractivity contribution in [1.82, 2.24) is 4.90 Å². The normalized spacial score (nSPS) is 13.5. The molecule has 1 aliphatic rings. The maximum atomic E-state index is 12.5. The van der Waals surface area contributed by atoms with E-state index in [1.54, 1.807) is 7.11 Å². The molecule has 3 rings (SSSR count). The van der Waals surface area contributed by atoms with Gasteiger partial charge in [0, 0.05) is 18.1 Å². The summed E-state index contributed by atoms with van der Waals surface area (Å²) in [4.78, 5) is 14.3. The number of methoxy groups -OCH3 is 1. The third-order valence-corrected chi connectivity index (χ3v) is 3.73. The average Bonchev–Trinajstić information content (AvgIpc) is 2.78. The molecule has 1 amide bonds. The van der Waals surface area contributed by atoms with Gasteiger partial charge >= 0.3 is 0 Å². The number of ether oxygens (including phenoxy) is 1. The molecule has 102 valence electrons. The minimum atomic E-state index is 0.0207. The second-order valence-electron chi connectivity index (χ2n) is 4.78. The van der Waals surface area contributed by atoms with E-state index in [1.165, 1.54) is 0 Å². The highest BCUT2D eigenvalue weighted by Gasteiger charge is 2.30. The maximum Gasteiger partial charge on any atom is 0.258 e. The summed E-state index contributed by atoms with van der Waals surface area (Å²) in [7, 11) is 1.59. The number of nitrogens with zero attached hydrogens (tertiary/aromatic N) is 1. The molecule has 0 saturated heterocycles. The van der Waals surface area contributed by atoms with E-state index < -0.39 is 0 Å². The van der Waals surface area contributed by atoms with Crippen LogP contribution in [0.4, 0.5) is 0 Å². The van der Waals surface area contributed by atoms with Crippen molar-refractivity contribution in [2.75, 3.05) is 7.11 Å². The topological polar surface area (TPSA) is 29.5 Å². The Morgan fingerprint density at radius 1 is 1.20 bits per heavy atom. The maximum absolute atomic E-state index is 12.5. The van der Waals surface area contributed by atoms with E-state index in [-0.39, 0.29) is 5.91 Å². The van der Waals surface area contributed by atoms with Gasteiger partial charge in [-0.05, 0) is 29.3 Å². The second kappa shape index (κ2) is 5.17. The molecule has 0 unspecified atom stereocenters. The molecule has 1 aliphatic heterocycles. The lowest BCUT2D eigenvalue weighted by Crippen LogP contribution is -2.23. The number of rotatable bonds is 3. The molecule has 4 heteroatoms. The van der Waals surface area contributed by atoms with E-state index >= 15 is 0 Å². The monoisotopic (exact) mass is 287 g/mol. The smallest absolute Gasteiger partial charge is 0.258 e. The molecule has 0 aliphatic carbocycles. The zero-order chi connectivity index (χ0) is 14.1. The number of fused-ring (bicyclic) bond motifs is 1. The van der Waals surface area contributed by atoms with Crippen molar-refractivity contribution in [1.29, 1.82) is 0 Å². The third-order valence-electron chi connectivity index (χ3n) is 3.48. The number of carbonyl (C=O) groups excluding carboxylic acids is 1. The lowest BCUT2D eigenvalue weighted by atomic mass is 10.1. The van der Waals surface area contributed by atoms with Crippen LogP contribution in [0.3, 0.4) is 0 Å². The van der Waals surface area contributed by atoms with Gasteiger partial charge in [0.2, 0.25) is 0 Å². The summed E-state index contributed by atoms with van der Waals surface area (Å²) >= 11 is 5.87. The van der Waals surface area contributed by atoms with Crippen LogP contribution in [0.15, 0.2) is 42.5 Å². The first-order valence-electron chi connectivity index (χ1n) is 6.38. The minimum Gasteiger partial charge on any atom is -0.496 e. The highest BCUT2D eigenvalue weighted by molar-refractivity contribution is 6.30. The molecule has 0 saturated carbocycles. The third kappa shape index (κ3) is 2.25. The fraction of sp³-hybridized carbons (Fsp3) is 0.188. The van der Waals surface area contributed by atoms with Crippen molar-refractivity contribution in [2.45, 2.75) is 13.1 Å². The van der Waals surface area contributed by atoms with E-state index in [9.17, 15) is 4.79 Å². The summed E-state index contributed by atoms with van der Waals surface area (Å²) in [5.41, 5.74) is 2.77. The first kappa shape index (κ1) is 13.0. The SMILES string of the molecule is COc1cccc2c1C(=O)N(Cc1ccc(Cl)cc1)C2. The van der Waals surface area contributed by atoms with Crippen molar-refractivity contribution in [3.63, 3.8) is 0 Å². The number of halogens is 1. The predicted molar refractivity (Wildman–Crippen MR) is 78.0 cm³/mol. The zero-order valence-electron chi connectivity index (χ0n) is 11.1. The molecular weight excluding hydrogens is 274 g/mol. The van der Waals surface area contributed by atoms with Crippen LogP contribution in [0.25, 0.3) is 0 Å². The predicted octanol–water partition coefficient (Wildman–Crippen LogP) is 3.50. The number of hydrogen-bond donors (Lipinski definition) is 0. The Morgan fingerprint density at radius 2 is 1.95 bits per heavy atom. The molecule has 2 aromatic carbocycles. The van der Waals surface area contributed by atoms with Gasteiger partial charge in [-0.15, -0.1) is 0 Å². The van der Waals surface area contributed by atoms with E-state index in [0.29, 0.717) is 29.4 Å². The van der Waals surface area contributed by atoms with Gasteiger partial charge < -0.3 is 9.64 Å². The molecule has 0 aromatic heterocycles. The van der Waals surface area contributed by atoms with Gasteiger partial charge in [0.1, 0.15) is 5.75 Å². The van der Waals surface area contributed by atoms with Gasteiger partial charge in [-0.1, -0.05) is 35.9 Å². The van der Waals surface area contributed by atoms with Crippen LogP contribution in [-0.4, -0.2) is 17.9 Å². The van der Waals surface area contributed by atoms with Gasteiger partial charge in [-0.25, -0.2) is 0 Å². The van der Waals surface area contributed by atoms with E-state index in [1.807, 2.05) is 47.4 Å². The Hall–Kier alpha value is -2.00. The molecule has 0 N–H and O–H groups in total. The van der Waals surface area contributed by atoms with Crippen LogP contribution < -0.4 is 4.74 Å². The lowest BCUT2D eigenvalue weighted by molar-refractivity contribution is 0.0764. The van der Waals surface area contributed by atoms with Gasteiger partial charge in [0.15, 0.2) is 0 Å². The minimum absolute atomic E-state index is 0.0207.